The van der Waals surface area contributed by atoms with Crippen LogP contribution in [0.3, 0.4) is 0 Å². The average molecular weight is 394 g/mol. The average Bonchev–Trinajstić information content (AvgIpc) is 3.32. The summed E-state index contributed by atoms with van der Waals surface area (Å²) < 4.78 is 0. The third-order valence-electron chi connectivity index (χ3n) is 5.37. The van der Waals surface area contributed by atoms with Gasteiger partial charge < -0.3 is 25.3 Å². The van der Waals surface area contributed by atoms with Gasteiger partial charge in [0.2, 0.25) is 0 Å². The normalized spacial score (nSPS) is 16.3. The summed E-state index contributed by atoms with van der Waals surface area (Å²) in [5.74, 6) is -0.456. The molecule has 3 aromatic rings. The number of aryl methyl sites for hydroxylation is 1. The molecule has 2 amide bonds. The predicted octanol–water partition coefficient (Wildman–Crippen LogP) is 1.90. The fraction of sp³-hybridized carbons (Fsp3) is 0.286. The lowest BCUT2D eigenvalue weighted by molar-refractivity contribution is 0.0720. The van der Waals surface area contributed by atoms with E-state index in [1.165, 1.54) is 6.20 Å². The van der Waals surface area contributed by atoms with Gasteiger partial charge in [0.15, 0.2) is 0 Å². The molecule has 0 aliphatic carbocycles. The second kappa shape index (κ2) is 7.46. The largest absolute Gasteiger partial charge is 0.508 e. The number of nitrogens with zero attached hydrogens (tertiary/aromatic N) is 1. The minimum atomic E-state index is -0.440. The molecule has 4 N–H and O–H groups in total. The van der Waals surface area contributed by atoms with Crippen molar-refractivity contribution >= 4 is 22.7 Å². The van der Waals surface area contributed by atoms with E-state index in [0.717, 1.165) is 18.2 Å². The van der Waals surface area contributed by atoms with E-state index in [2.05, 4.69) is 15.3 Å². The van der Waals surface area contributed by atoms with Crippen LogP contribution >= 0.6 is 0 Å². The number of nitrogens with one attached hydrogen (secondary N) is 3. The minimum Gasteiger partial charge on any atom is -0.508 e. The molecule has 2 aromatic heterocycles. The van der Waals surface area contributed by atoms with Crippen molar-refractivity contribution in [3.05, 3.63) is 63.7 Å². The van der Waals surface area contributed by atoms with E-state index in [1.807, 2.05) is 0 Å². The van der Waals surface area contributed by atoms with E-state index < -0.39 is 11.5 Å². The van der Waals surface area contributed by atoms with Crippen LogP contribution in [0.2, 0.25) is 0 Å². The summed E-state index contributed by atoms with van der Waals surface area (Å²) in [6.07, 6.45) is 3.13. The number of aromatic amines is 2. The van der Waals surface area contributed by atoms with Crippen LogP contribution < -0.4 is 10.9 Å². The number of aromatic nitrogens is 2. The van der Waals surface area contributed by atoms with E-state index in [4.69, 9.17) is 0 Å². The number of phenols is 1. The van der Waals surface area contributed by atoms with Gasteiger partial charge in [-0.15, -0.1) is 0 Å². The van der Waals surface area contributed by atoms with Gasteiger partial charge in [-0.3, -0.25) is 14.4 Å². The molecule has 4 rings (SSSR count). The van der Waals surface area contributed by atoms with Crippen LogP contribution in [0.25, 0.3) is 10.9 Å². The lowest BCUT2D eigenvalue weighted by Gasteiger charge is -2.24. The van der Waals surface area contributed by atoms with E-state index in [1.54, 1.807) is 42.2 Å². The van der Waals surface area contributed by atoms with E-state index in [0.29, 0.717) is 23.3 Å². The Balaban J connectivity index is 1.47. The lowest BCUT2D eigenvalue weighted by Crippen LogP contribution is -2.44. The zero-order valence-corrected chi connectivity index (χ0v) is 16.0. The first-order chi connectivity index (χ1) is 13.9. The van der Waals surface area contributed by atoms with Crippen LogP contribution in [0.1, 0.15) is 39.3 Å². The number of phenolic OH excluding ortho intramolecular Hbond substituents is 1. The molecule has 1 aliphatic rings. The highest BCUT2D eigenvalue weighted by Gasteiger charge is 2.30. The fourth-order valence-electron chi connectivity index (χ4n) is 3.86. The molecule has 1 saturated heterocycles. The first-order valence-corrected chi connectivity index (χ1v) is 9.53. The Hall–Kier alpha value is -3.55. The topological polar surface area (TPSA) is 118 Å². The number of likely N-dealkylation sites (tertiary alicyclic amines) is 1. The van der Waals surface area contributed by atoms with Gasteiger partial charge in [0.05, 0.1) is 0 Å². The first kappa shape index (κ1) is 18.8. The quantitative estimate of drug-likeness (QED) is 0.540. The van der Waals surface area contributed by atoms with Crippen molar-refractivity contribution in [2.24, 2.45) is 0 Å². The molecular formula is C21H22N4O4. The molecule has 8 nitrogen and oxygen atoms in total. The molecule has 29 heavy (non-hydrogen) atoms. The predicted molar refractivity (Wildman–Crippen MR) is 108 cm³/mol. The molecule has 0 radical (unpaired) electrons. The molecule has 150 valence electrons. The summed E-state index contributed by atoms with van der Waals surface area (Å²) in [5.41, 5.74) is 1.41. The zero-order valence-electron chi connectivity index (χ0n) is 16.0. The number of rotatable bonds is 4. The summed E-state index contributed by atoms with van der Waals surface area (Å²) in [5, 5.41) is 13.2. The van der Waals surface area contributed by atoms with Gasteiger partial charge in [0, 0.05) is 42.3 Å². The molecular weight excluding hydrogens is 372 g/mol. The van der Waals surface area contributed by atoms with Gasteiger partial charge in [-0.25, -0.2) is 0 Å². The number of aromatic hydroxyl groups is 1. The number of hydrogen-bond donors (Lipinski definition) is 4. The van der Waals surface area contributed by atoms with Crippen molar-refractivity contribution in [3.8, 4) is 5.75 Å². The maximum absolute atomic E-state index is 13.0. The molecule has 1 fully saturated rings. The molecule has 0 bridgehead atoms. The fourth-order valence-corrected chi connectivity index (χ4v) is 3.86. The van der Waals surface area contributed by atoms with Crippen molar-refractivity contribution in [1.82, 2.24) is 20.2 Å². The Morgan fingerprint density at radius 3 is 2.90 bits per heavy atom. The van der Waals surface area contributed by atoms with Crippen molar-refractivity contribution < 1.29 is 14.7 Å². The molecule has 1 aromatic carbocycles. The first-order valence-electron chi connectivity index (χ1n) is 9.53. The standard InChI is InChI=1S/C21H22N4O4/c1-12-6-7-22-19(27)18(12)20(28)23-11-14-3-2-8-25(14)21(29)17-9-13-4-5-15(26)10-16(13)24-17/h4-7,9-10,14,24,26H,2-3,8,11H2,1H3,(H,22,27)(H,23,28). The Kier molecular flexibility index (Phi) is 4.84. The number of pyridine rings is 1. The highest BCUT2D eigenvalue weighted by atomic mass is 16.3. The minimum absolute atomic E-state index is 0.0961. The van der Waals surface area contributed by atoms with Gasteiger partial charge >= 0.3 is 0 Å². The number of amides is 2. The van der Waals surface area contributed by atoms with Gasteiger partial charge in [-0.2, -0.15) is 0 Å². The van der Waals surface area contributed by atoms with Crippen molar-refractivity contribution in [1.29, 1.82) is 0 Å². The number of H-pyrrole nitrogens is 2. The Morgan fingerprint density at radius 2 is 2.10 bits per heavy atom. The highest BCUT2D eigenvalue weighted by molar-refractivity contribution is 5.99. The van der Waals surface area contributed by atoms with Gasteiger partial charge in [-0.1, -0.05) is 0 Å². The number of fused-ring (bicyclic) bond motifs is 1. The second-order valence-corrected chi connectivity index (χ2v) is 7.32. The monoisotopic (exact) mass is 394 g/mol. The Labute approximate surface area is 166 Å². The highest BCUT2D eigenvalue weighted by Crippen LogP contribution is 2.24. The van der Waals surface area contributed by atoms with Crippen LogP contribution in [0.15, 0.2) is 41.3 Å². The molecule has 0 saturated carbocycles. The van der Waals surface area contributed by atoms with Gasteiger partial charge in [0.25, 0.3) is 17.4 Å². The van der Waals surface area contributed by atoms with Crippen LogP contribution in [-0.4, -0.2) is 50.9 Å². The van der Waals surface area contributed by atoms with Crippen LogP contribution in [-0.2, 0) is 0 Å². The van der Waals surface area contributed by atoms with Gasteiger partial charge in [0.1, 0.15) is 17.0 Å². The summed E-state index contributed by atoms with van der Waals surface area (Å²) >= 11 is 0. The molecule has 1 atom stereocenters. The van der Waals surface area contributed by atoms with Gasteiger partial charge in [-0.05, 0) is 49.6 Å². The summed E-state index contributed by atoms with van der Waals surface area (Å²) in [6.45, 7) is 2.59. The summed E-state index contributed by atoms with van der Waals surface area (Å²) in [7, 11) is 0. The molecule has 8 heteroatoms. The lowest BCUT2D eigenvalue weighted by atomic mass is 10.1. The van der Waals surface area contributed by atoms with E-state index in [-0.39, 0.29) is 29.8 Å². The molecule has 0 spiro atoms. The Bertz CT molecular complexity index is 1150. The third kappa shape index (κ3) is 3.61. The maximum Gasteiger partial charge on any atom is 0.270 e. The second-order valence-electron chi connectivity index (χ2n) is 7.32. The number of hydrogen-bond acceptors (Lipinski definition) is 4. The molecule has 1 aliphatic heterocycles. The van der Waals surface area contributed by atoms with Crippen molar-refractivity contribution in [2.45, 2.75) is 25.8 Å². The van der Waals surface area contributed by atoms with Crippen molar-refractivity contribution in [2.75, 3.05) is 13.1 Å². The van der Waals surface area contributed by atoms with E-state index in [9.17, 15) is 19.5 Å². The SMILES string of the molecule is Cc1cc[nH]c(=O)c1C(=O)NCC1CCCN1C(=O)c1cc2ccc(O)cc2[nH]1. The Morgan fingerprint density at radius 1 is 1.28 bits per heavy atom. The van der Waals surface area contributed by atoms with Crippen LogP contribution in [0, 0.1) is 6.92 Å². The summed E-state index contributed by atoms with van der Waals surface area (Å²) in [4.78, 5) is 44.7. The van der Waals surface area contributed by atoms with Crippen LogP contribution in [0.4, 0.5) is 0 Å². The third-order valence-corrected chi connectivity index (χ3v) is 5.37. The molecule has 1 unspecified atom stereocenters. The number of carbonyl (C=O) groups excluding carboxylic acids is 2. The zero-order chi connectivity index (χ0) is 20.5. The smallest absolute Gasteiger partial charge is 0.270 e. The van der Waals surface area contributed by atoms with E-state index >= 15 is 0 Å². The summed E-state index contributed by atoms with van der Waals surface area (Å²) in [6, 6.07) is 8.20. The number of benzene rings is 1. The van der Waals surface area contributed by atoms with Crippen molar-refractivity contribution in [3.63, 3.8) is 0 Å². The number of carbonyl (C=O) groups is 2. The van der Waals surface area contributed by atoms with Crippen LogP contribution in [0.5, 0.6) is 5.75 Å². The molecule has 3 heterocycles. The maximum atomic E-state index is 13.0.